The molecule has 0 radical (unpaired) electrons. The molecule has 0 aliphatic carbocycles. The van der Waals surface area contributed by atoms with Crippen molar-refractivity contribution in [3.8, 4) is 0 Å². The third-order valence-corrected chi connectivity index (χ3v) is 1.72. The lowest BCUT2D eigenvalue weighted by Gasteiger charge is -2.26. The highest BCUT2D eigenvalue weighted by atomic mass is 16.5. The van der Waals surface area contributed by atoms with Crippen LogP contribution in [-0.2, 0) is 4.74 Å². The van der Waals surface area contributed by atoms with Gasteiger partial charge in [0, 0.05) is 6.54 Å². The minimum atomic E-state index is 0.441. The van der Waals surface area contributed by atoms with Crippen molar-refractivity contribution in [1.82, 2.24) is 5.32 Å². The van der Waals surface area contributed by atoms with Gasteiger partial charge in [-0.2, -0.15) is 0 Å². The SMILES string of the molecule is CC1CNCOC1C. The summed E-state index contributed by atoms with van der Waals surface area (Å²) in [5.41, 5.74) is 0. The molecule has 1 saturated heterocycles. The highest BCUT2D eigenvalue weighted by Crippen LogP contribution is 2.07. The predicted octanol–water partition coefficient (Wildman–Crippen LogP) is 0.588. The Hall–Kier alpha value is -0.0800. The average molecular weight is 115 g/mol. The summed E-state index contributed by atoms with van der Waals surface area (Å²) in [7, 11) is 0. The van der Waals surface area contributed by atoms with Crippen LogP contribution in [0.3, 0.4) is 0 Å². The van der Waals surface area contributed by atoms with Gasteiger partial charge in [-0.1, -0.05) is 6.92 Å². The molecule has 0 aromatic rings. The van der Waals surface area contributed by atoms with Crippen LogP contribution in [0.1, 0.15) is 13.8 Å². The minimum absolute atomic E-state index is 0.441. The zero-order chi connectivity index (χ0) is 5.98. The Bertz CT molecular complexity index is 64.9. The van der Waals surface area contributed by atoms with E-state index in [-0.39, 0.29) is 0 Å². The monoisotopic (exact) mass is 115 g/mol. The van der Waals surface area contributed by atoms with Crippen LogP contribution in [0, 0.1) is 5.92 Å². The number of ether oxygens (including phenoxy) is 1. The molecule has 2 heteroatoms. The Morgan fingerprint density at radius 2 is 2.25 bits per heavy atom. The standard InChI is InChI=1S/C6H13NO/c1-5-3-7-4-8-6(5)2/h5-7H,3-4H2,1-2H3. The number of nitrogens with one attached hydrogen (secondary N) is 1. The van der Waals surface area contributed by atoms with E-state index in [1.807, 2.05) is 0 Å². The molecule has 0 aromatic heterocycles. The lowest BCUT2D eigenvalue weighted by atomic mass is 10.1. The zero-order valence-electron chi connectivity index (χ0n) is 5.48. The molecule has 1 fully saturated rings. The molecule has 0 bridgehead atoms. The maximum absolute atomic E-state index is 5.28. The van der Waals surface area contributed by atoms with Crippen molar-refractivity contribution < 1.29 is 4.74 Å². The van der Waals surface area contributed by atoms with E-state index in [0.29, 0.717) is 12.0 Å². The Labute approximate surface area is 50.2 Å². The van der Waals surface area contributed by atoms with Gasteiger partial charge in [-0.15, -0.1) is 0 Å². The second-order valence-electron chi connectivity index (χ2n) is 2.45. The van der Waals surface area contributed by atoms with Gasteiger partial charge >= 0.3 is 0 Å². The summed E-state index contributed by atoms with van der Waals surface area (Å²) in [6, 6.07) is 0. The van der Waals surface area contributed by atoms with E-state index in [0.717, 1.165) is 13.3 Å². The van der Waals surface area contributed by atoms with Crippen LogP contribution >= 0.6 is 0 Å². The number of hydrogen-bond acceptors (Lipinski definition) is 2. The molecule has 2 unspecified atom stereocenters. The Morgan fingerprint density at radius 1 is 1.50 bits per heavy atom. The van der Waals surface area contributed by atoms with Gasteiger partial charge < -0.3 is 4.74 Å². The van der Waals surface area contributed by atoms with Crippen molar-refractivity contribution >= 4 is 0 Å². The van der Waals surface area contributed by atoms with Crippen LogP contribution < -0.4 is 5.32 Å². The molecular formula is C6H13NO. The summed E-state index contributed by atoms with van der Waals surface area (Å²) in [5, 5.41) is 3.14. The maximum Gasteiger partial charge on any atom is 0.0969 e. The molecule has 2 atom stereocenters. The second kappa shape index (κ2) is 2.46. The molecule has 8 heavy (non-hydrogen) atoms. The first-order chi connectivity index (χ1) is 3.80. The summed E-state index contributed by atoms with van der Waals surface area (Å²) in [6.07, 6.45) is 0.441. The summed E-state index contributed by atoms with van der Waals surface area (Å²) in [5.74, 6) is 0.670. The normalized spacial score (nSPS) is 39.8. The minimum Gasteiger partial charge on any atom is -0.363 e. The first-order valence-electron chi connectivity index (χ1n) is 3.13. The molecule has 0 aromatic carbocycles. The first kappa shape index (κ1) is 6.05. The second-order valence-corrected chi connectivity index (χ2v) is 2.45. The predicted molar refractivity (Wildman–Crippen MR) is 32.6 cm³/mol. The Morgan fingerprint density at radius 3 is 2.62 bits per heavy atom. The van der Waals surface area contributed by atoms with Crippen LogP contribution in [0.25, 0.3) is 0 Å². The van der Waals surface area contributed by atoms with E-state index in [9.17, 15) is 0 Å². The van der Waals surface area contributed by atoms with Gasteiger partial charge in [-0.05, 0) is 12.8 Å². The molecular weight excluding hydrogens is 102 g/mol. The van der Waals surface area contributed by atoms with E-state index < -0.39 is 0 Å². The van der Waals surface area contributed by atoms with Crippen molar-refractivity contribution in [2.45, 2.75) is 20.0 Å². The summed E-state index contributed by atoms with van der Waals surface area (Å²) < 4.78 is 5.28. The summed E-state index contributed by atoms with van der Waals surface area (Å²) in [6.45, 7) is 6.13. The number of hydrogen-bond donors (Lipinski definition) is 1. The molecule has 0 amide bonds. The molecule has 2 nitrogen and oxygen atoms in total. The molecule has 1 aliphatic heterocycles. The van der Waals surface area contributed by atoms with Crippen molar-refractivity contribution in [2.24, 2.45) is 5.92 Å². The largest absolute Gasteiger partial charge is 0.363 e. The van der Waals surface area contributed by atoms with E-state index in [2.05, 4.69) is 19.2 Å². The Balaban J connectivity index is 2.28. The average Bonchev–Trinajstić information content (AvgIpc) is 1.77. The molecule has 48 valence electrons. The molecule has 0 spiro atoms. The fourth-order valence-electron chi connectivity index (χ4n) is 0.807. The van der Waals surface area contributed by atoms with Crippen LogP contribution in [0.5, 0.6) is 0 Å². The van der Waals surface area contributed by atoms with E-state index in [1.165, 1.54) is 0 Å². The van der Waals surface area contributed by atoms with E-state index >= 15 is 0 Å². The van der Waals surface area contributed by atoms with Gasteiger partial charge in [-0.25, -0.2) is 0 Å². The first-order valence-corrected chi connectivity index (χ1v) is 3.13. The van der Waals surface area contributed by atoms with Crippen LogP contribution in [0.2, 0.25) is 0 Å². The van der Waals surface area contributed by atoms with Gasteiger partial charge in [0.1, 0.15) is 0 Å². The van der Waals surface area contributed by atoms with Gasteiger partial charge in [0.2, 0.25) is 0 Å². The smallest absolute Gasteiger partial charge is 0.0969 e. The summed E-state index contributed by atoms with van der Waals surface area (Å²) in [4.78, 5) is 0. The molecule has 1 N–H and O–H groups in total. The quantitative estimate of drug-likeness (QED) is 0.499. The lowest BCUT2D eigenvalue weighted by Crippen LogP contribution is -2.38. The molecule has 1 heterocycles. The van der Waals surface area contributed by atoms with Crippen molar-refractivity contribution in [2.75, 3.05) is 13.3 Å². The third kappa shape index (κ3) is 1.20. The van der Waals surface area contributed by atoms with E-state index in [1.54, 1.807) is 0 Å². The third-order valence-electron chi connectivity index (χ3n) is 1.72. The van der Waals surface area contributed by atoms with E-state index in [4.69, 9.17) is 4.74 Å². The fourth-order valence-corrected chi connectivity index (χ4v) is 0.807. The highest BCUT2D eigenvalue weighted by molar-refractivity contribution is 4.66. The van der Waals surface area contributed by atoms with Gasteiger partial charge in [-0.3, -0.25) is 5.32 Å². The number of rotatable bonds is 0. The Kier molecular flexibility index (Phi) is 1.86. The van der Waals surface area contributed by atoms with Crippen molar-refractivity contribution in [1.29, 1.82) is 0 Å². The van der Waals surface area contributed by atoms with Gasteiger partial charge in [0.25, 0.3) is 0 Å². The van der Waals surface area contributed by atoms with Gasteiger partial charge in [0.15, 0.2) is 0 Å². The van der Waals surface area contributed by atoms with Crippen LogP contribution in [-0.4, -0.2) is 19.4 Å². The fraction of sp³-hybridized carbons (Fsp3) is 1.00. The highest BCUT2D eigenvalue weighted by Gasteiger charge is 2.15. The maximum atomic E-state index is 5.28. The van der Waals surface area contributed by atoms with Crippen LogP contribution in [0.4, 0.5) is 0 Å². The molecule has 0 saturated carbocycles. The zero-order valence-corrected chi connectivity index (χ0v) is 5.48. The van der Waals surface area contributed by atoms with Gasteiger partial charge in [0.05, 0.1) is 12.8 Å². The van der Waals surface area contributed by atoms with Crippen molar-refractivity contribution in [3.63, 3.8) is 0 Å². The van der Waals surface area contributed by atoms with Crippen molar-refractivity contribution in [3.05, 3.63) is 0 Å². The lowest BCUT2D eigenvalue weighted by molar-refractivity contribution is -0.0148. The summed E-state index contributed by atoms with van der Waals surface area (Å²) >= 11 is 0. The van der Waals surface area contributed by atoms with Crippen LogP contribution in [0.15, 0.2) is 0 Å². The molecule has 1 rings (SSSR count). The molecule has 1 aliphatic rings. The topological polar surface area (TPSA) is 21.3 Å².